The highest BCUT2D eigenvalue weighted by Gasteiger charge is 2.15. The average Bonchev–Trinajstić information content (AvgIpc) is 1.000. The Hall–Kier alpha value is -1.50. The van der Waals surface area contributed by atoms with Crippen molar-refractivity contribution in [2.24, 2.45) is 0 Å². The number of hydrogen-bond acceptors (Lipinski definition) is 39. The van der Waals surface area contributed by atoms with Gasteiger partial charge in [-0.3, -0.25) is 0 Å². The predicted molar refractivity (Wildman–Crippen MR) is 445 cm³/mol. The molecular weight excluding hydrogens is 1610 g/mol. The van der Waals surface area contributed by atoms with Gasteiger partial charge < -0.3 is 185 Å². The zero-order valence-electron chi connectivity index (χ0n) is 74.7. The fourth-order valence-electron chi connectivity index (χ4n) is 9.17. The first-order valence-corrected chi connectivity index (χ1v) is 43.6. The second kappa shape index (κ2) is 117. The van der Waals surface area contributed by atoms with Gasteiger partial charge in [-0.2, -0.15) is 0 Å². The number of ether oxygens (including phenoxy) is 39. The summed E-state index contributed by atoms with van der Waals surface area (Å²) in [4.78, 5) is 0. The summed E-state index contributed by atoms with van der Waals surface area (Å²) in [6.45, 7) is 37.7. The number of hydrogen-bond donors (Lipinski definition) is 0. The Labute approximate surface area is 724 Å². The van der Waals surface area contributed by atoms with Crippen molar-refractivity contribution in [3.05, 3.63) is 0 Å². The van der Waals surface area contributed by atoms with Crippen LogP contribution in [0.5, 0.6) is 0 Å². The average molecular weight is 1770 g/mol. The Morgan fingerprint density at radius 3 is 0.207 bits per heavy atom. The van der Waals surface area contributed by atoms with Crippen LogP contribution in [-0.2, 0) is 185 Å². The van der Waals surface area contributed by atoms with E-state index in [0.29, 0.717) is 502 Å². The molecule has 0 saturated carbocycles. The van der Waals surface area contributed by atoms with Crippen molar-refractivity contribution >= 4 is 6.71 Å². The third-order valence-electron chi connectivity index (χ3n) is 15.6. The van der Waals surface area contributed by atoms with Crippen LogP contribution in [0, 0.1) is 0 Å². The molecule has 0 N–H and O–H groups in total. The molecule has 39 nitrogen and oxygen atoms in total. The summed E-state index contributed by atoms with van der Waals surface area (Å²) >= 11 is 0. The first-order valence-electron chi connectivity index (χ1n) is 43.6. The van der Waals surface area contributed by atoms with Crippen LogP contribution in [-0.4, -0.2) is 524 Å². The van der Waals surface area contributed by atoms with Crippen LogP contribution in [0.25, 0.3) is 0 Å². The third kappa shape index (κ3) is 115. The van der Waals surface area contributed by atoms with Gasteiger partial charge in [0.05, 0.1) is 476 Å². The van der Waals surface area contributed by atoms with E-state index in [9.17, 15) is 0 Å². The molecule has 0 rings (SSSR count). The van der Waals surface area contributed by atoms with Crippen molar-refractivity contribution in [2.75, 3.05) is 517 Å². The van der Waals surface area contributed by atoms with E-state index in [-0.39, 0.29) is 0 Å². The maximum atomic E-state index is 5.96. The summed E-state index contributed by atoms with van der Waals surface area (Å²) in [5.41, 5.74) is 0. The van der Waals surface area contributed by atoms with Gasteiger partial charge in [0.2, 0.25) is 0 Å². The summed E-state index contributed by atoms with van der Waals surface area (Å²) in [6.07, 6.45) is 2.58. The number of methoxy groups -OCH3 is 3. The van der Waals surface area contributed by atoms with E-state index in [4.69, 9.17) is 185 Å². The molecule has 0 heterocycles. The lowest BCUT2D eigenvalue weighted by molar-refractivity contribution is -0.0287. The summed E-state index contributed by atoms with van der Waals surface area (Å²) in [6, 6.07) is 0. The molecule has 0 atom stereocenters. The standard InChI is InChI=1S/C81H165BO39/c1-83-10-13-89-22-25-95-34-37-101-46-49-107-58-61-113-70-73-119-79-76-116-67-64-110-55-52-104-43-40-98-31-28-92-19-16-86-7-4-82(5-8-87-17-20-93-29-32-99-41-44-105-53-56-111-65-68-117-77-80-120-74-71-114-62-59-108-50-47-102-38-35-96-26-23-90-14-11-84-2)6-9-88-18-21-94-30-33-100-42-45-106-54-57-112-66-69-118-78-81-121-75-72-115-63-60-109-51-48-103-39-36-97-27-24-91-15-12-85-3/h4-81H2,1-3H3. The minimum Gasteiger partial charge on any atom is -0.382 e. The molecule has 0 bridgehead atoms. The summed E-state index contributed by atoms with van der Waals surface area (Å²) in [5.74, 6) is 0. The van der Waals surface area contributed by atoms with Crippen molar-refractivity contribution in [1.82, 2.24) is 0 Å². The molecular formula is C81H165BO39. The second-order valence-corrected chi connectivity index (χ2v) is 25.3. The van der Waals surface area contributed by atoms with Crippen LogP contribution in [0.2, 0.25) is 19.0 Å². The number of rotatable bonds is 117. The Balaban J connectivity index is 4.03. The molecule has 0 radical (unpaired) electrons. The monoisotopic (exact) mass is 1770 g/mol. The SMILES string of the molecule is COCCOCCOCCOCCOCCOCCOCCOCCOCCOCCOCCOCCOCCB(CCOCCOCCOCCOCCOCCOCCOCCOCCOCCOCCOCCOCCOC)CCOCCOCCOCCOCCOCCOCCOCCOCCOCCOCCOCCOCCOC. The maximum Gasteiger partial charge on any atom is 0.147 e. The van der Waals surface area contributed by atoms with Crippen molar-refractivity contribution in [3.63, 3.8) is 0 Å². The van der Waals surface area contributed by atoms with Crippen molar-refractivity contribution in [3.8, 4) is 0 Å². The van der Waals surface area contributed by atoms with E-state index in [2.05, 4.69) is 0 Å². The Kier molecular flexibility index (Phi) is 115. The van der Waals surface area contributed by atoms with Gasteiger partial charge in [0.25, 0.3) is 0 Å². The predicted octanol–water partition coefficient (Wildman–Crippen LogP) is 2.02. The highest BCUT2D eigenvalue weighted by Crippen LogP contribution is 2.08. The normalized spacial score (nSPS) is 11.8. The van der Waals surface area contributed by atoms with Crippen molar-refractivity contribution in [1.29, 1.82) is 0 Å². The highest BCUT2D eigenvalue weighted by molar-refractivity contribution is 6.59. The van der Waals surface area contributed by atoms with Gasteiger partial charge in [-0.05, 0) is 0 Å². The third-order valence-corrected chi connectivity index (χ3v) is 15.6. The quantitative estimate of drug-likeness (QED) is 0.0621. The van der Waals surface area contributed by atoms with Crippen molar-refractivity contribution in [2.45, 2.75) is 19.0 Å². The molecule has 726 valence electrons. The van der Waals surface area contributed by atoms with Gasteiger partial charge in [0, 0.05) is 41.2 Å². The Morgan fingerprint density at radius 2 is 0.140 bits per heavy atom. The molecule has 40 heteroatoms. The largest absolute Gasteiger partial charge is 0.382 e. The lowest BCUT2D eigenvalue weighted by Gasteiger charge is -2.15. The molecule has 0 aromatic rings. The van der Waals surface area contributed by atoms with Crippen molar-refractivity contribution < 1.29 is 185 Å². The first kappa shape index (κ1) is 120. The van der Waals surface area contributed by atoms with Gasteiger partial charge in [0.1, 0.15) is 6.71 Å². The molecule has 0 aliphatic heterocycles. The lowest BCUT2D eigenvalue weighted by Crippen LogP contribution is -2.21. The smallest absolute Gasteiger partial charge is 0.147 e. The molecule has 0 spiro atoms. The summed E-state index contributed by atoms with van der Waals surface area (Å²) < 4.78 is 216. The van der Waals surface area contributed by atoms with E-state index in [1.54, 1.807) is 21.3 Å². The fourth-order valence-corrected chi connectivity index (χ4v) is 9.17. The van der Waals surface area contributed by atoms with Crippen LogP contribution in [0.4, 0.5) is 0 Å². The van der Waals surface area contributed by atoms with Gasteiger partial charge >= 0.3 is 0 Å². The molecule has 121 heavy (non-hydrogen) atoms. The minimum atomic E-state index is 0.340. The van der Waals surface area contributed by atoms with E-state index in [1.807, 2.05) is 0 Å². The van der Waals surface area contributed by atoms with E-state index < -0.39 is 0 Å². The molecule has 0 amide bonds. The lowest BCUT2D eigenvalue weighted by atomic mass is 9.43. The molecule has 0 fully saturated rings. The Morgan fingerprint density at radius 1 is 0.0826 bits per heavy atom. The van der Waals surface area contributed by atoms with Gasteiger partial charge in [-0.1, -0.05) is 19.0 Å². The zero-order chi connectivity index (χ0) is 86.3. The van der Waals surface area contributed by atoms with Crippen LogP contribution in [0.3, 0.4) is 0 Å². The van der Waals surface area contributed by atoms with Gasteiger partial charge in [-0.25, -0.2) is 0 Å². The van der Waals surface area contributed by atoms with Crippen LogP contribution in [0.1, 0.15) is 0 Å². The van der Waals surface area contributed by atoms with E-state index >= 15 is 0 Å². The topological polar surface area (TPSA) is 360 Å². The highest BCUT2D eigenvalue weighted by atomic mass is 16.6. The van der Waals surface area contributed by atoms with Crippen LogP contribution in [0.15, 0.2) is 0 Å². The maximum absolute atomic E-state index is 5.96. The van der Waals surface area contributed by atoms with Gasteiger partial charge in [0.15, 0.2) is 0 Å². The van der Waals surface area contributed by atoms with E-state index in [0.717, 1.165) is 19.0 Å². The second-order valence-electron chi connectivity index (χ2n) is 25.3. The minimum absolute atomic E-state index is 0.340. The fraction of sp³-hybridized carbons (Fsp3) is 1.00. The molecule has 0 aliphatic carbocycles. The molecule has 0 unspecified atom stereocenters. The molecule has 0 aliphatic rings. The molecule has 0 saturated heterocycles. The van der Waals surface area contributed by atoms with Gasteiger partial charge in [-0.15, -0.1) is 0 Å². The molecule has 0 aromatic heterocycles. The van der Waals surface area contributed by atoms with Crippen LogP contribution < -0.4 is 0 Å². The first-order chi connectivity index (χ1) is 60.3. The molecule has 0 aromatic carbocycles. The Bertz CT molecular complexity index is 1580. The zero-order valence-corrected chi connectivity index (χ0v) is 74.7. The summed E-state index contributed by atoms with van der Waals surface area (Å²) in [5, 5.41) is 0. The summed E-state index contributed by atoms with van der Waals surface area (Å²) in [7, 11) is 4.93. The van der Waals surface area contributed by atoms with E-state index in [1.165, 1.54) is 0 Å². The van der Waals surface area contributed by atoms with Crippen LogP contribution >= 0.6 is 0 Å².